The molecule has 0 saturated carbocycles. The normalized spacial score (nSPS) is 17.4. The van der Waals surface area contributed by atoms with Crippen molar-refractivity contribution in [2.24, 2.45) is 0 Å². The van der Waals surface area contributed by atoms with Crippen LogP contribution < -0.4 is 14.8 Å². The van der Waals surface area contributed by atoms with Crippen LogP contribution in [0.1, 0.15) is 12.8 Å². The fraction of sp³-hybridized carbons (Fsp3) is 0.545. The molecule has 1 aromatic heterocycles. The summed E-state index contributed by atoms with van der Waals surface area (Å²) < 4.78 is 31.7. The second-order valence-corrected chi connectivity index (χ2v) is 6.15. The first-order valence-corrected chi connectivity index (χ1v) is 7.39. The molecule has 0 spiro atoms. The molecule has 2 rings (SSSR count). The summed E-state index contributed by atoms with van der Waals surface area (Å²) in [6.07, 6.45) is 2.73. The summed E-state index contributed by atoms with van der Waals surface area (Å²) in [5.41, 5.74) is 0.467. The molecule has 0 bridgehead atoms. The number of anilines is 1. The zero-order chi connectivity index (χ0) is 13.0. The van der Waals surface area contributed by atoms with Crippen molar-refractivity contribution in [2.45, 2.75) is 18.1 Å². The van der Waals surface area contributed by atoms with Gasteiger partial charge in [0.15, 0.2) is 0 Å². The van der Waals surface area contributed by atoms with Gasteiger partial charge in [-0.2, -0.15) is 0 Å². The number of sulfonamides is 1. The first-order valence-electron chi connectivity index (χ1n) is 5.84. The quantitative estimate of drug-likeness (QED) is 0.837. The van der Waals surface area contributed by atoms with Crippen LogP contribution in [0.15, 0.2) is 18.3 Å². The summed E-state index contributed by atoms with van der Waals surface area (Å²) in [6, 6.07) is 3.27. The molecule has 6 nitrogen and oxygen atoms in total. The predicted octanol–water partition coefficient (Wildman–Crippen LogP) is 0.584. The van der Waals surface area contributed by atoms with Crippen LogP contribution in [0.3, 0.4) is 0 Å². The molecule has 7 heteroatoms. The molecule has 0 atom stereocenters. The first-order chi connectivity index (χ1) is 8.62. The van der Waals surface area contributed by atoms with Gasteiger partial charge in [-0.05, 0) is 32.0 Å². The number of hydrogen-bond acceptors (Lipinski definition) is 5. The average Bonchev–Trinajstić information content (AvgIpc) is 2.40. The van der Waals surface area contributed by atoms with Crippen LogP contribution in [0.25, 0.3) is 0 Å². The van der Waals surface area contributed by atoms with Crippen molar-refractivity contribution in [1.29, 1.82) is 0 Å². The molecule has 1 aliphatic heterocycles. The van der Waals surface area contributed by atoms with Crippen LogP contribution in [-0.4, -0.2) is 38.9 Å². The minimum atomic E-state index is -3.33. The van der Waals surface area contributed by atoms with Crippen molar-refractivity contribution in [2.75, 3.05) is 24.9 Å². The first kappa shape index (κ1) is 13.1. The van der Waals surface area contributed by atoms with E-state index >= 15 is 0 Å². The Morgan fingerprint density at radius 3 is 2.67 bits per heavy atom. The Labute approximate surface area is 107 Å². The molecule has 100 valence electrons. The van der Waals surface area contributed by atoms with Gasteiger partial charge in [-0.15, -0.1) is 0 Å². The van der Waals surface area contributed by atoms with Crippen molar-refractivity contribution in [3.05, 3.63) is 18.3 Å². The molecule has 0 aliphatic carbocycles. The highest BCUT2D eigenvalue weighted by atomic mass is 32.2. The van der Waals surface area contributed by atoms with E-state index in [2.05, 4.69) is 15.0 Å². The largest absolute Gasteiger partial charge is 0.481 e. The van der Waals surface area contributed by atoms with E-state index in [0.29, 0.717) is 24.4 Å². The lowest BCUT2D eigenvalue weighted by Crippen LogP contribution is -2.38. The molecular formula is C11H17N3O3S. The SMILES string of the molecule is COc1ccc(NS(=O)(=O)C2CCNCC2)cn1. The second-order valence-electron chi connectivity index (χ2n) is 4.19. The molecule has 2 N–H and O–H groups in total. The van der Waals surface area contributed by atoms with Crippen molar-refractivity contribution >= 4 is 15.7 Å². The summed E-state index contributed by atoms with van der Waals surface area (Å²) >= 11 is 0. The summed E-state index contributed by atoms with van der Waals surface area (Å²) in [6.45, 7) is 1.48. The molecule has 2 heterocycles. The Morgan fingerprint density at radius 2 is 2.11 bits per heavy atom. The van der Waals surface area contributed by atoms with Gasteiger partial charge in [-0.1, -0.05) is 0 Å². The average molecular weight is 271 g/mol. The molecular weight excluding hydrogens is 254 g/mol. The number of methoxy groups -OCH3 is 1. The minimum Gasteiger partial charge on any atom is -0.481 e. The van der Waals surface area contributed by atoms with Gasteiger partial charge >= 0.3 is 0 Å². The molecule has 1 fully saturated rings. The topological polar surface area (TPSA) is 80.3 Å². The number of pyridine rings is 1. The zero-order valence-electron chi connectivity index (χ0n) is 10.2. The number of aromatic nitrogens is 1. The van der Waals surface area contributed by atoms with Crippen LogP contribution in [0.2, 0.25) is 0 Å². The van der Waals surface area contributed by atoms with E-state index in [9.17, 15) is 8.42 Å². The van der Waals surface area contributed by atoms with E-state index in [0.717, 1.165) is 13.1 Å². The van der Waals surface area contributed by atoms with Crippen molar-refractivity contribution in [1.82, 2.24) is 10.3 Å². The number of piperidine rings is 1. The number of nitrogens with one attached hydrogen (secondary N) is 2. The monoisotopic (exact) mass is 271 g/mol. The van der Waals surface area contributed by atoms with Gasteiger partial charge < -0.3 is 10.1 Å². The highest BCUT2D eigenvalue weighted by Gasteiger charge is 2.27. The van der Waals surface area contributed by atoms with E-state index in [1.807, 2.05) is 0 Å². The van der Waals surface area contributed by atoms with Gasteiger partial charge in [-0.25, -0.2) is 13.4 Å². The van der Waals surface area contributed by atoms with E-state index in [4.69, 9.17) is 4.74 Å². The summed E-state index contributed by atoms with van der Waals surface area (Å²) in [4.78, 5) is 3.96. The lowest BCUT2D eigenvalue weighted by molar-refractivity contribution is 0.398. The van der Waals surface area contributed by atoms with E-state index in [1.54, 1.807) is 12.1 Å². The minimum absolute atomic E-state index is 0.333. The Morgan fingerprint density at radius 1 is 1.39 bits per heavy atom. The van der Waals surface area contributed by atoms with Gasteiger partial charge in [0.25, 0.3) is 0 Å². The molecule has 0 unspecified atom stereocenters. The van der Waals surface area contributed by atoms with Crippen molar-refractivity contribution < 1.29 is 13.2 Å². The van der Waals surface area contributed by atoms with Gasteiger partial charge in [0.2, 0.25) is 15.9 Å². The third-order valence-electron chi connectivity index (χ3n) is 2.93. The zero-order valence-corrected chi connectivity index (χ0v) is 11.0. The molecule has 1 aromatic rings. The lowest BCUT2D eigenvalue weighted by Gasteiger charge is -2.23. The van der Waals surface area contributed by atoms with Crippen molar-refractivity contribution in [3.8, 4) is 5.88 Å². The smallest absolute Gasteiger partial charge is 0.235 e. The number of ether oxygens (including phenoxy) is 1. The van der Waals surface area contributed by atoms with Gasteiger partial charge in [0, 0.05) is 6.07 Å². The van der Waals surface area contributed by atoms with Gasteiger partial charge in [0.1, 0.15) is 0 Å². The van der Waals surface area contributed by atoms with Gasteiger partial charge in [-0.3, -0.25) is 4.72 Å². The van der Waals surface area contributed by atoms with Gasteiger partial charge in [0.05, 0.1) is 24.2 Å². The Balaban J connectivity index is 2.06. The summed E-state index contributed by atoms with van der Waals surface area (Å²) in [7, 11) is -1.81. The number of nitrogens with zero attached hydrogens (tertiary/aromatic N) is 1. The van der Waals surface area contributed by atoms with E-state index < -0.39 is 10.0 Å². The third kappa shape index (κ3) is 3.11. The summed E-state index contributed by atoms with van der Waals surface area (Å²) in [5, 5.41) is 2.81. The Hall–Kier alpha value is -1.34. The van der Waals surface area contributed by atoms with E-state index in [-0.39, 0.29) is 5.25 Å². The van der Waals surface area contributed by atoms with Crippen LogP contribution in [0.5, 0.6) is 5.88 Å². The maximum absolute atomic E-state index is 12.1. The molecule has 0 aromatic carbocycles. The van der Waals surface area contributed by atoms with Crippen LogP contribution in [0.4, 0.5) is 5.69 Å². The fourth-order valence-corrected chi connectivity index (χ4v) is 3.39. The standard InChI is InChI=1S/C11H17N3O3S/c1-17-11-3-2-9(8-13-11)14-18(15,16)10-4-6-12-7-5-10/h2-3,8,10,12,14H,4-7H2,1H3. The highest BCUT2D eigenvalue weighted by Crippen LogP contribution is 2.18. The molecule has 1 aliphatic rings. The maximum Gasteiger partial charge on any atom is 0.235 e. The maximum atomic E-state index is 12.1. The lowest BCUT2D eigenvalue weighted by atomic mass is 10.2. The Kier molecular flexibility index (Phi) is 4.03. The highest BCUT2D eigenvalue weighted by molar-refractivity contribution is 7.93. The Bertz CT molecular complexity index is 481. The van der Waals surface area contributed by atoms with E-state index in [1.165, 1.54) is 13.3 Å². The van der Waals surface area contributed by atoms with Crippen molar-refractivity contribution in [3.63, 3.8) is 0 Å². The molecule has 1 saturated heterocycles. The van der Waals surface area contributed by atoms with Crippen LogP contribution >= 0.6 is 0 Å². The predicted molar refractivity (Wildman–Crippen MR) is 69.2 cm³/mol. The third-order valence-corrected chi connectivity index (χ3v) is 4.80. The molecule has 18 heavy (non-hydrogen) atoms. The molecule has 0 amide bonds. The van der Waals surface area contributed by atoms with Crippen LogP contribution in [0, 0.1) is 0 Å². The summed E-state index contributed by atoms with van der Waals surface area (Å²) in [5.74, 6) is 0.458. The number of rotatable bonds is 4. The van der Waals surface area contributed by atoms with Crippen LogP contribution in [-0.2, 0) is 10.0 Å². The molecule has 0 radical (unpaired) electrons. The number of hydrogen-bond donors (Lipinski definition) is 2. The fourth-order valence-electron chi connectivity index (χ4n) is 1.91. The second kappa shape index (κ2) is 5.53.